The van der Waals surface area contributed by atoms with Crippen LogP contribution in [0.3, 0.4) is 0 Å². The maximum atomic E-state index is 14.5. The molecule has 3 aromatic carbocycles. The van der Waals surface area contributed by atoms with Gasteiger partial charge in [0, 0.05) is 73.7 Å². The van der Waals surface area contributed by atoms with Gasteiger partial charge in [0.25, 0.3) is 27.5 Å². The summed E-state index contributed by atoms with van der Waals surface area (Å²) < 4.78 is 50.0. The first-order valence-corrected chi connectivity index (χ1v) is 28.2. The van der Waals surface area contributed by atoms with Crippen LogP contribution in [0.5, 0.6) is 23.1 Å². The summed E-state index contributed by atoms with van der Waals surface area (Å²) in [5.74, 6) is 0.212. The highest BCUT2D eigenvalue weighted by Crippen LogP contribution is 2.55. The van der Waals surface area contributed by atoms with Crippen molar-refractivity contribution in [3.8, 4) is 23.1 Å². The number of aromatic amines is 1. The minimum Gasteiger partial charge on any atom is -0.489 e. The van der Waals surface area contributed by atoms with E-state index < -0.39 is 37.0 Å². The van der Waals surface area contributed by atoms with Gasteiger partial charge in [-0.1, -0.05) is 38.1 Å². The van der Waals surface area contributed by atoms with Crippen molar-refractivity contribution >= 4 is 44.0 Å². The summed E-state index contributed by atoms with van der Waals surface area (Å²) in [5, 5.41) is 27.1. The van der Waals surface area contributed by atoms with Crippen LogP contribution in [0.25, 0.3) is 11.0 Å². The van der Waals surface area contributed by atoms with Crippen molar-refractivity contribution in [1.29, 1.82) is 0 Å². The highest BCUT2D eigenvalue weighted by molar-refractivity contribution is 7.90. The maximum absolute atomic E-state index is 14.5. The number of carbonyl (C=O) groups excluding carboxylic acids is 1. The van der Waals surface area contributed by atoms with E-state index in [9.17, 15) is 28.4 Å². The predicted molar refractivity (Wildman–Crippen MR) is 283 cm³/mol. The average molecular weight is 1030 g/mol. The van der Waals surface area contributed by atoms with Gasteiger partial charge in [0.2, 0.25) is 0 Å². The number of piperidine rings is 2. The first-order chi connectivity index (χ1) is 35.5. The second kappa shape index (κ2) is 20.0. The number of fused-ring (bicyclic) bond motifs is 2. The molecule has 4 N–H and O–H groups in total. The lowest BCUT2D eigenvalue weighted by Crippen LogP contribution is -2.54. The largest absolute Gasteiger partial charge is 0.489 e. The van der Waals surface area contributed by atoms with E-state index in [1.54, 1.807) is 24.4 Å². The molecule has 1 amide bonds. The number of carbonyl (C=O) groups is 1. The van der Waals surface area contributed by atoms with Gasteiger partial charge in [-0.05, 0) is 150 Å². The van der Waals surface area contributed by atoms with Crippen LogP contribution in [0.4, 0.5) is 17.1 Å². The number of nitrogens with zero attached hydrogens (tertiary/aromatic N) is 5. The third kappa shape index (κ3) is 10.1. The van der Waals surface area contributed by atoms with E-state index in [0.717, 1.165) is 75.5 Å². The fourth-order valence-corrected chi connectivity index (χ4v) is 13.9. The molecule has 2 aliphatic carbocycles. The van der Waals surface area contributed by atoms with Crippen molar-refractivity contribution < 1.29 is 37.5 Å². The molecule has 11 rings (SSSR count). The van der Waals surface area contributed by atoms with E-state index in [1.165, 1.54) is 42.9 Å². The molecule has 4 aliphatic heterocycles. The molecular weight excluding hydrogens is 961 g/mol. The molecule has 74 heavy (non-hydrogen) atoms. The summed E-state index contributed by atoms with van der Waals surface area (Å²) in [6.45, 7) is 11.0. The highest BCUT2D eigenvalue weighted by Gasteiger charge is 2.50. The van der Waals surface area contributed by atoms with Gasteiger partial charge < -0.3 is 39.4 Å². The normalized spacial score (nSPS) is 24.8. The van der Waals surface area contributed by atoms with E-state index in [1.807, 2.05) is 19.1 Å². The van der Waals surface area contributed by atoms with Crippen LogP contribution >= 0.6 is 0 Å². The molecule has 6 heterocycles. The van der Waals surface area contributed by atoms with Crippen molar-refractivity contribution in [2.75, 3.05) is 56.6 Å². The first-order valence-electron chi connectivity index (χ1n) is 26.8. The van der Waals surface area contributed by atoms with Gasteiger partial charge in [-0.3, -0.25) is 19.8 Å². The number of amides is 1. The number of sulfonamides is 1. The van der Waals surface area contributed by atoms with Crippen molar-refractivity contribution in [2.24, 2.45) is 11.3 Å². The fraction of sp³-hybridized carbons (Fsp3) is 0.536. The SMILES string of the molecule is CC(C)c1ccccc1[C@H]1CCCN1C1CC2(CCN(c3ccc(C(=O)NS(=O)(=O)c4cc5c(c([N+](=O)[O-])c4)N[C@@H]([C@H]4CC[C@](C)(O)CC4)CO5)c(Oc4cc5cc[nH]c5nc4OC4CCN(C)CC4)c3)CC2)C1. The zero-order chi connectivity index (χ0) is 51.5. The molecule has 3 saturated heterocycles. The van der Waals surface area contributed by atoms with Crippen LogP contribution in [0, 0.1) is 21.4 Å². The standard InChI is InChI=1S/C56H70N8O9S/c1-35(2)42-8-5-6-9-43(42)46-10-7-23-63(46)39-32-56(33-39)20-26-62(27-21-56)38-11-12-44(48(29-38)73-50-28-37-15-22-57-52(37)59-54(50)72-40-16-24-61(4)25-17-40)53(65)60-74(69,70)41-30-47(64(67)68)51-49(31-41)71-34-45(58-51)36-13-18-55(3,66)19-14-36/h5-6,8-9,11-12,15,22,28-31,35-36,39-40,45-46,58,66H,7,10,13-14,16-21,23-27,32-34H2,1-4H3,(H,57,59)(H,60,65)/t36-,45-,46-,55-/m1/s1. The first kappa shape index (κ1) is 50.2. The molecular formula is C56H70N8O9S. The molecule has 0 unspecified atom stereocenters. The Morgan fingerprint density at radius 2 is 1.70 bits per heavy atom. The van der Waals surface area contributed by atoms with Crippen LogP contribution in [0.15, 0.2) is 77.8 Å². The molecule has 394 valence electrons. The number of benzene rings is 3. The average Bonchev–Trinajstić information content (AvgIpc) is 4.06. The number of ether oxygens (including phenoxy) is 3. The van der Waals surface area contributed by atoms with Gasteiger partial charge in [-0.15, -0.1) is 0 Å². The van der Waals surface area contributed by atoms with E-state index in [-0.39, 0.29) is 64.5 Å². The van der Waals surface area contributed by atoms with Crippen LogP contribution in [0.1, 0.15) is 131 Å². The van der Waals surface area contributed by atoms with Gasteiger partial charge in [-0.25, -0.2) is 13.1 Å². The van der Waals surface area contributed by atoms with Crippen LogP contribution in [0.2, 0.25) is 0 Å². The topological polar surface area (TPSA) is 205 Å². The number of anilines is 2. The van der Waals surface area contributed by atoms with Gasteiger partial charge in [0.05, 0.1) is 27.0 Å². The molecule has 5 fully saturated rings. The number of nitro groups is 1. The highest BCUT2D eigenvalue weighted by atomic mass is 32.2. The third-order valence-electron chi connectivity index (χ3n) is 17.3. The number of aromatic nitrogens is 2. The van der Waals surface area contributed by atoms with Crippen molar-refractivity contribution in [3.05, 3.63) is 99.7 Å². The molecule has 6 aliphatic rings. The summed E-state index contributed by atoms with van der Waals surface area (Å²) >= 11 is 0. The molecule has 1 spiro atoms. The van der Waals surface area contributed by atoms with E-state index in [2.05, 4.69) is 74.9 Å². The lowest BCUT2D eigenvalue weighted by Gasteiger charge is -2.56. The summed E-state index contributed by atoms with van der Waals surface area (Å²) in [6, 6.07) is 20.8. The van der Waals surface area contributed by atoms with Crippen LogP contribution in [-0.4, -0.2) is 114 Å². The Balaban J connectivity index is 0.847. The van der Waals surface area contributed by atoms with Gasteiger partial charge in [-0.2, -0.15) is 4.98 Å². The fourth-order valence-electron chi connectivity index (χ4n) is 12.9. The Labute approximate surface area is 433 Å². The minimum absolute atomic E-state index is 0.00219. The summed E-state index contributed by atoms with van der Waals surface area (Å²) in [4.78, 5) is 41.2. The minimum atomic E-state index is -4.72. The lowest BCUT2D eigenvalue weighted by atomic mass is 9.59. The molecule has 0 radical (unpaired) electrons. The van der Waals surface area contributed by atoms with Crippen LogP contribution < -0.4 is 29.1 Å². The van der Waals surface area contributed by atoms with Crippen molar-refractivity contribution in [2.45, 2.75) is 138 Å². The summed E-state index contributed by atoms with van der Waals surface area (Å²) in [6.07, 6.45) is 12.7. The molecule has 0 bridgehead atoms. The molecule has 2 saturated carbocycles. The molecule has 17 nitrogen and oxygen atoms in total. The maximum Gasteiger partial charge on any atom is 0.297 e. The lowest BCUT2D eigenvalue weighted by molar-refractivity contribution is -0.384. The second-order valence-corrected chi connectivity index (χ2v) is 24.4. The molecule has 2 atom stereocenters. The number of hydrogen-bond acceptors (Lipinski definition) is 14. The van der Waals surface area contributed by atoms with E-state index >= 15 is 0 Å². The zero-order valence-corrected chi connectivity index (χ0v) is 43.8. The Bertz CT molecular complexity index is 3020. The van der Waals surface area contributed by atoms with E-state index in [0.29, 0.717) is 49.3 Å². The summed E-state index contributed by atoms with van der Waals surface area (Å²) in [5.41, 5.74) is 3.42. The monoisotopic (exact) mass is 1030 g/mol. The van der Waals surface area contributed by atoms with Crippen molar-refractivity contribution in [1.82, 2.24) is 24.5 Å². The van der Waals surface area contributed by atoms with Crippen molar-refractivity contribution in [3.63, 3.8) is 0 Å². The molecule has 2 aromatic heterocycles. The summed E-state index contributed by atoms with van der Waals surface area (Å²) in [7, 11) is -2.64. The number of nitro benzene ring substituents is 1. The number of hydrogen-bond donors (Lipinski definition) is 4. The third-order valence-corrected chi connectivity index (χ3v) is 18.6. The zero-order valence-electron chi connectivity index (χ0n) is 43.0. The van der Waals surface area contributed by atoms with E-state index in [4.69, 9.17) is 19.2 Å². The quantitative estimate of drug-likeness (QED) is 0.0641. The Morgan fingerprint density at radius 3 is 2.45 bits per heavy atom. The number of H-pyrrole nitrogens is 1. The number of nitrogens with one attached hydrogen (secondary N) is 3. The molecule has 18 heteroatoms. The van der Waals surface area contributed by atoms with Gasteiger partial charge in [0.1, 0.15) is 24.1 Å². The van der Waals surface area contributed by atoms with Crippen LogP contribution in [-0.2, 0) is 10.0 Å². The number of pyridine rings is 1. The smallest absolute Gasteiger partial charge is 0.297 e. The Hall–Kier alpha value is -5.95. The Morgan fingerprint density at radius 1 is 0.946 bits per heavy atom. The predicted octanol–water partition coefficient (Wildman–Crippen LogP) is 9.68. The number of aliphatic hydroxyl groups is 1. The number of likely N-dealkylation sites (tertiary alicyclic amines) is 2. The second-order valence-electron chi connectivity index (χ2n) is 22.7. The molecule has 5 aromatic rings. The van der Waals surface area contributed by atoms with Gasteiger partial charge in [0.15, 0.2) is 17.2 Å². The Kier molecular flexibility index (Phi) is 13.5. The number of rotatable bonds is 13. The van der Waals surface area contributed by atoms with Gasteiger partial charge >= 0.3 is 0 Å².